The fraction of sp³-hybridized carbons (Fsp3) is 0.273. The van der Waals surface area contributed by atoms with Gasteiger partial charge >= 0.3 is 0 Å². The van der Waals surface area contributed by atoms with Crippen molar-refractivity contribution in [3.05, 3.63) is 114 Å². The van der Waals surface area contributed by atoms with Crippen LogP contribution in [0.4, 0.5) is 11.4 Å². The number of methoxy groups -OCH3 is 2. The minimum absolute atomic E-state index is 0.494. The summed E-state index contributed by atoms with van der Waals surface area (Å²) in [4.78, 5) is 4.41. The predicted octanol–water partition coefficient (Wildman–Crippen LogP) is 6.57. The molecule has 6 nitrogen and oxygen atoms in total. The minimum Gasteiger partial charge on any atom is -0.497 e. The van der Waals surface area contributed by atoms with Gasteiger partial charge in [0.15, 0.2) is 0 Å². The molecule has 0 aliphatic heterocycles. The maximum Gasteiger partial charge on any atom is 0.121 e. The lowest BCUT2D eigenvalue weighted by Gasteiger charge is -2.26. The second kappa shape index (κ2) is 14.1. The Morgan fingerprint density at radius 3 is 1.77 bits per heavy atom. The normalized spacial score (nSPS) is 10.7. The first-order valence-corrected chi connectivity index (χ1v) is 13.1. The summed E-state index contributed by atoms with van der Waals surface area (Å²) < 4.78 is 22.8. The number of hydrogen-bond donors (Lipinski definition) is 0. The molecule has 0 fully saturated rings. The third kappa shape index (κ3) is 8.42. The number of rotatable bonds is 14. The fourth-order valence-corrected chi connectivity index (χ4v) is 4.32. The molecule has 6 heteroatoms. The highest BCUT2D eigenvalue weighted by Gasteiger charge is 2.11. The SMILES string of the molecule is COc1cccc(CN(Cc2cccc(OC)c2)c2cccc(COCCOc3cccc(N(C)C)c3)c2)c1. The van der Waals surface area contributed by atoms with Crippen molar-refractivity contribution < 1.29 is 18.9 Å². The van der Waals surface area contributed by atoms with Crippen LogP contribution >= 0.6 is 0 Å². The minimum atomic E-state index is 0.494. The first-order valence-electron chi connectivity index (χ1n) is 13.1. The van der Waals surface area contributed by atoms with Crippen molar-refractivity contribution in [3.63, 3.8) is 0 Å². The second-order valence-electron chi connectivity index (χ2n) is 9.52. The highest BCUT2D eigenvalue weighted by Crippen LogP contribution is 2.25. The Bertz CT molecular complexity index is 1270. The molecule has 0 aliphatic rings. The van der Waals surface area contributed by atoms with E-state index < -0.39 is 0 Å². The van der Waals surface area contributed by atoms with Gasteiger partial charge in [-0.1, -0.05) is 42.5 Å². The van der Waals surface area contributed by atoms with E-state index in [2.05, 4.69) is 64.4 Å². The molecule has 0 aromatic heterocycles. The molecule has 0 saturated carbocycles. The van der Waals surface area contributed by atoms with Crippen LogP contribution in [0.15, 0.2) is 97.1 Å². The largest absolute Gasteiger partial charge is 0.497 e. The summed E-state index contributed by atoms with van der Waals surface area (Å²) in [5, 5.41) is 0. The van der Waals surface area contributed by atoms with Gasteiger partial charge in [0.05, 0.1) is 27.4 Å². The van der Waals surface area contributed by atoms with Crippen LogP contribution in [0, 0.1) is 0 Å². The van der Waals surface area contributed by atoms with Crippen molar-refractivity contribution in [2.45, 2.75) is 19.7 Å². The number of nitrogens with zero attached hydrogens (tertiary/aromatic N) is 2. The Balaban J connectivity index is 1.41. The van der Waals surface area contributed by atoms with E-state index in [-0.39, 0.29) is 0 Å². The Kier molecular flexibility index (Phi) is 10.1. The van der Waals surface area contributed by atoms with E-state index in [9.17, 15) is 0 Å². The van der Waals surface area contributed by atoms with Crippen LogP contribution < -0.4 is 24.0 Å². The molecule has 4 rings (SSSR count). The summed E-state index contributed by atoms with van der Waals surface area (Å²) in [6.45, 7) is 2.99. The molecule has 0 radical (unpaired) electrons. The van der Waals surface area contributed by atoms with E-state index in [0.29, 0.717) is 19.8 Å². The zero-order valence-electron chi connectivity index (χ0n) is 23.3. The molecule has 0 aliphatic carbocycles. The van der Waals surface area contributed by atoms with Gasteiger partial charge in [-0.3, -0.25) is 0 Å². The standard InChI is InChI=1S/C33H38N2O4/c1-34(2)29-12-8-16-33(22-29)39-18-17-38-25-28-11-5-13-30(19-28)35(23-26-9-6-14-31(20-26)36-3)24-27-10-7-15-32(21-27)37-4/h5-16,19-22H,17-18,23-25H2,1-4H3. The molecular weight excluding hydrogens is 488 g/mol. The van der Waals surface area contributed by atoms with Crippen molar-refractivity contribution in [2.75, 3.05) is 51.3 Å². The van der Waals surface area contributed by atoms with Crippen molar-refractivity contribution >= 4 is 11.4 Å². The number of hydrogen-bond acceptors (Lipinski definition) is 6. The van der Waals surface area contributed by atoms with Crippen molar-refractivity contribution in [3.8, 4) is 17.2 Å². The lowest BCUT2D eigenvalue weighted by Crippen LogP contribution is -2.22. The van der Waals surface area contributed by atoms with Gasteiger partial charge in [0, 0.05) is 44.6 Å². The summed E-state index contributed by atoms with van der Waals surface area (Å²) in [6, 6.07) is 33.0. The Hall–Kier alpha value is -4.16. The van der Waals surface area contributed by atoms with Gasteiger partial charge in [-0.05, 0) is 65.2 Å². The molecule has 4 aromatic carbocycles. The highest BCUT2D eigenvalue weighted by molar-refractivity contribution is 5.51. The Morgan fingerprint density at radius 2 is 1.13 bits per heavy atom. The van der Waals surface area contributed by atoms with Crippen LogP contribution in [-0.4, -0.2) is 41.5 Å². The fourth-order valence-electron chi connectivity index (χ4n) is 4.32. The van der Waals surface area contributed by atoms with Gasteiger partial charge < -0.3 is 28.7 Å². The molecule has 0 heterocycles. The Morgan fingerprint density at radius 1 is 0.564 bits per heavy atom. The monoisotopic (exact) mass is 526 g/mol. The van der Waals surface area contributed by atoms with E-state index in [1.54, 1.807) is 14.2 Å². The topological polar surface area (TPSA) is 43.4 Å². The van der Waals surface area contributed by atoms with Gasteiger partial charge in [0.25, 0.3) is 0 Å². The summed E-state index contributed by atoms with van der Waals surface area (Å²) in [5.74, 6) is 2.55. The third-order valence-electron chi connectivity index (χ3n) is 6.39. The zero-order chi connectivity index (χ0) is 27.5. The quantitative estimate of drug-likeness (QED) is 0.173. The first-order chi connectivity index (χ1) is 19.0. The van der Waals surface area contributed by atoms with Crippen LogP contribution in [0.25, 0.3) is 0 Å². The summed E-state index contributed by atoms with van der Waals surface area (Å²) in [6.07, 6.45) is 0. The molecule has 204 valence electrons. The lowest BCUT2D eigenvalue weighted by molar-refractivity contribution is 0.0889. The van der Waals surface area contributed by atoms with Gasteiger partial charge in [0.1, 0.15) is 23.9 Å². The number of benzene rings is 4. The molecule has 0 N–H and O–H groups in total. The zero-order valence-corrected chi connectivity index (χ0v) is 23.3. The maximum absolute atomic E-state index is 5.96. The third-order valence-corrected chi connectivity index (χ3v) is 6.39. The van der Waals surface area contributed by atoms with Crippen LogP contribution in [0.2, 0.25) is 0 Å². The van der Waals surface area contributed by atoms with Crippen LogP contribution in [0.1, 0.15) is 16.7 Å². The van der Waals surface area contributed by atoms with E-state index in [1.165, 1.54) is 11.1 Å². The molecule has 0 amide bonds. The van der Waals surface area contributed by atoms with Crippen molar-refractivity contribution in [1.29, 1.82) is 0 Å². The first kappa shape index (κ1) is 27.9. The second-order valence-corrected chi connectivity index (χ2v) is 9.52. The highest BCUT2D eigenvalue weighted by atomic mass is 16.5. The van der Waals surface area contributed by atoms with E-state index in [1.807, 2.05) is 56.6 Å². The average Bonchev–Trinajstić information content (AvgIpc) is 2.97. The van der Waals surface area contributed by atoms with Crippen LogP contribution in [0.5, 0.6) is 17.2 Å². The molecule has 4 aromatic rings. The van der Waals surface area contributed by atoms with Crippen LogP contribution in [-0.2, 0) is 24.4 Å². The molecule has 0 atom stereocenters. The molecule has 0 saturated heterocycles. The average molecular weight is 527 g/mol. The van der Waals surface area contributed by atoms with E-state index in [4.69, 9.17) is 18.9 Å². The maximum atomic E-state index is 5.96. The van der Waals surface area contributed by atoms with Crippen molar-refractivity contribution in [2.24, 2.45) is 0 Å². The summed E-state index contributed by atoms with van der Waals surface area (Å²) >= 11 is 0. The Labute approximate surface area is 232 Å². The molecule has 0 bridgehead atoms. The summed E-state index contributed by atoms with van der Waals surface area (Å²) in [5.41, 5.74) is 5.70. The molecule has 39 heavy (non-hydrogen) atoms. The van der Waals surface area contributed by atoms with Gasteiger partial charge in [-0.25, -0.2) is 0 Å². The molecular formula is C33H38N2O4. The smallest absolute Gasteiger partial charge is 0.121 e. The van der Waals surface area contributed by atoms with E-state index >= 15 is 0 Å². The van der Waals surface area contributed by atoms with Gasteiger partial charge in [-0.15, -0.1) is 0 Å². The van der Waals surface area contributed by atoms with Crippen molar-refractivity contribution in [1.82, 2.24) is 0 Å². The number of ether oxygens (including phenoxy) is 4. The number of anilines is 2. The molecule has 0 unspecified atom stereocenters. The lowest BCUT2D eigenvalue weighted by atomic mass is 10.1. The van der Waals surface area contributed by atoms with Crippen LogP contribution in [0.3, 0.4) is 0 Å². The van der Waals surface area contributed by atoms with E-state index in [0.717, 1.165) is 47.3 Å². The van der Waals surface area contributed by atoms with Gasteiger partial charge in [0.2, 0.25) is 0 Å². The van der Waals surface area contributed by atoms with Gasteiger partial charge in [-0.2, -0.15) is 0 Å². The summed E-state index contributed by atoms with van der Waals surface area (Å²) in [7, 11) is 7.43. The predicted molar refractivity (Wildman–Crippen MR) is 158 cm³/mol. The molecule has 0 spiro atoms.